The summed E-state index contributed by atoms with van der Waals surface area (Å²) < 4.78 is 0. The van der Waals surface area contributed by atoms with Crippen molar-refractivity contribution in [1.82, 2.24) is 4.98 Å². The molecule has 0 saturated carbocycles. The molecular weight excluding hydrogens is 342 g/mol. The van der Waals surface area contributed by atoms with Gasteiger partial charge in [-0.25, -0.2) is 4.98 Å². The Morgan fingerprint density at radius 2 is 1.85 bits per heavy atom. The quantitative estimate of drug-likeness (QED) is 0.656. The number of carbonyl (C=O) groups is 1. The van der Waals surface area contributed by atoms with Crippen LogP contribution in [0.2, 0.25) is 0 Å². The van der Waals surface area contributed by atoms with Gasteiger partial charge in [0.05, 0.1) is 11.3 Å². The van der Waals surface area contributed by atoms with Gasteiger partial charge in [0.1, 0.15) is 11.1 Å². The zero-order valence-electron chi connectivity index (χ0n) is 14.5. The summed E-state index contributed by atoms with van der Waals surface area (Å²) in [7, 11) is 0. The third kappa shape index (κ3) is 4.24. The minimum absolute atomic E-state index is 0.113. The highest BCUT2D eigenvalue weighted by Crippen LogP contribution is 2.27. The summed E-state index contributed by atoms with van der Waals surface area (Å²) in [5.41, 5.74) is 5.22. The number of amides is 1. The topological polar surface area (TPSA) is 65.8 Å². The minimum atomic E-state index is -0.113. The first-order chi connectivity index (χ1) is 12.5. The van der Waals surface area contributed by atoms with E-state index in [0.29, 0.717) is 10.6 Å². The van der Waals surface area contributed by atoms with Crippen molar-refractivity contribution in [2.24, 2.45) is 0 Å². The first-order valence-corrected chi connectivity index (χ1v) is 8.95. The maximum Gasteiger partial charge on any atom is 0.221 e. The first-order valence-electron chi connectivity index (χ1n) is 8.07. The fraction of sp³-hybridized carbons (Fsp3) is 0.0952. The molecule has 3 aromatic rings. The van der Waals surface area contributed by atoms with Crippen LogP contribution < -0.4 is 5.32 Å². The molecule has 26 heavy (non-hydrogen) atoms. The monoisotopic (exact) mass is 359 g/mol. The van der Waals surface area contributed by atoms with Gasteiger partial charge in [-0.2, -0.15) is 5.26 Å². The second kappa shape index (κ2) is 7.77. The standard InChI is InChI=1S/C21H17N3OS/c1-14-3-7-17(8-4-14)20-13-26-21(24-20)18(12-22)11-16-5-9-19(10-6-16)23-15(2)25/h3-11,13H,1-2H3,(H,23,25). The molecule has 0 bridgehead atoms. The van der Waals surface area contributed by atoms with Gasteiger partial charge in [0.15, 0.2) is 0 Å². The highest BCUT2D eigenvalue weighted by Gasteiger charge is 2.09. The van der Waals surface area contributed by atoms with E-state index >= 15 is 0 Å². The Morgan fingerprint density at radius 3 is 2.46 bits per heavy atom. The number of thiazole rings is 1. The number of benzene rings is 2. The lowest BCUT2D eigenvalue weighted by Crippen LogP contribution is -2.05. The van der Waals surface area contributed by atoms with E-state index in [2.05, 4.69) is 16.4 Å². The van der Waals surface area contributed by atoms with Gasteiger partial charge < -0.3 is 5.32 Å². The van der Waals surface area contributed by atoms with Crippen molar-refractivity contribution >= 4 is 34.6 Å². The van der Waals surface area contributed by atoms with Crippen molar-refractivity contribution in [3.05, 3.63) is 70.0 Å². The molecular formula is C21H17N3OS. The van der Waals surface area contributed by atoms with Gasteiger partial charge in [0, 0.05) is 23.6 Å². The molecule has 0 aliphatic heterocycles. The Bertz CT molecular complexity index is 993. The normalized spacial score (nSPS) is 11.0. The van der Waals surface area contributed by atoms with Crippen LogP contribution in [0.1, 0.15) is 23.1 Å². The molecule has 1 aromatic heterocycles. The number of nitrogens with zero attached hydrogens (tertiary/aromatic N) is 2. The molecule has 0 fully saturated rings. The predicted molar refractivity (Wildman–Crippen MR) is 107 cm³/mol. The summed E-state index contributed by atoms with van der Waals surface area (Å²) >= 11 is 1.45. The second-order valence-electron chi connectivity index (χ2n) is 5.88. The smallest absolute Gasteiger partial charge is 0.221 e. The number of hydrogen-bond donors (Lipinski definition) is 1. The molecule has 128 valence electrons. The van der Waals surface area contributed by atoms with E-state index in [1.165, 1.54) is 23.8 Å². The third-order valence-electron chi connectivity index (χ3n) is 3.74. The van der Waals surface area contributed by atoms with Gasteiger partial charge in [0.2, 0.25) is 5.91 Å². The van der Waals surface area contributed by atoms with E-state index in [-0.39, 0.29) is 5.91 Å². The molecule has 0 spiro atoms. The third-order valence-corrected chi connectivity index (χ3v) is 4.62. The zero-order chi connectivity index (χ0) is 18.5. The van der Waals surface area contributed by atoms with Gasteiger partial charge in [0.25, 0.3) is 0 Å². The van der Waals surface area contributed by atoms with Crippen LogP contribution in [0.25, 0.3) is 22.9 Å². The van der Waals surface area contributed by atoms with Crippen molar-refractivity contribution in [2.75, 3.05) is 5.32 Å². The van der Waals surface area contributed by atoms with Crippen LogP contribution in [0, 0.1) is 18.3 Å². The van der Waals surface area contributed by atoms with E-state index < -0.39 is 0 Å². The fourth-order valence-corrected chi connectivity index (χ4v) is 3.22. The molecule has 0 aliphatic carbocycles. The largest absolute Gasteiger partial charge is 0.326 e. The van der Waals surface area contributed by atoms with Gasteiger partial charge >= 0.3 is 0 Å². The molecule has 2 aromatic carbocycles. The number of rotatable bonds is 4. The zero-order valence-corrected chi connectivity index (χ0v) is 15.3. The van der Waals surface area contributed by atoms with Crippen LogP contribution in [-0.4, -0.2) is 10.9 Å². The molecule has 0 aliphatic rings. The van der Waals surface area contributed by atoms with Crippen LogP contribution >= 0.6 is 11.3 Å². The predicted octanol–water partition coefficient (Wildman–Crippen LogP) is 5.14. The van der Waals surface area contributed by atoms with Crippen LogP contribution in [0.15, 0.2) is 53.9 Å². The second-order valence-corrected chi connectivity index (χ2v) is 6.74. The number of nitrogens with one attached hydrogen (secondary N) is 1. The number of nitriles is 1. The Morgan fingerprint density at radius 1 is 1.15 bits per heavy atom. The molecule has 3 rings (SSSR count). The van der Waals surface area contributed by atoms with Crippen molar-refractivity contribution < 1.29 is 4.79 Å². The molecule has 0 unspecified atom stereocenters. The first kappa shape index (κ1) is 17.6. The molecule has 1 N–H and O–H groups in total. The van der Waals surface area contributed by atoms with E-state index in [1.54, 1.807) is 6.08 Å². The number of allylic oxidation sites excluding steroid dienone is 1. The maximum atomic E-state index is 11.1. The average molecular weight is 359 g/mol. The van der Waals surface area contributed by atoms with E-state index in [0.717, 1.165) is 22.5 Å². The summed E-state index contributed by atoms with van der Waals surface area (Å²) in [5.74, 6) is -0.113. The van der Waals surface area contributed by atoms with Crippen molar-refractivity contribution in [1.29, 1.82) is 5.26 Å². The summed E-state index contributed by atoms with van der Waals surface area (Å²) in [5, 5.41) is 14.9. The summed E-state index contributed by atoms with van der Waals surface area (Å²) in [6.07, 6.45) is 1.80. The molecule has 0 radical (unpaired) electrons. The number of anilines is 1. The SMILES string of the molecule is CC(=O)Nc1ccc(C=C(C#N)c2nc(-c3ccc(C)cc3)cs2)cc1. The molecule has 5 heteroatoms. The van der Waals surface area contributed by atoms with E-state index in [4.69, 9.17) is 0 Å². The van der Waals surface area contributed by atoms with Crippen LogP contribution in [0.3, 0.4) is 0 Å². The Labute approximate surface area is 156 Å². The van der Waals surface area contributed by atoms with Gasteiger partial charge in [-0.1, -0.05) is 42.0 Å². The maximum absolute atomic E-state index is 11.1. The highest BCUT2D eigenvalue weighted by atomic mass is 32.1. The number of hydrogen-bond acceptors (Lipinski definition) is 4. The summed E-state index contributed by atoms with van der Waals surface area (Å²) in [6.45, 7) is 3.51. The van der Waals surface area contributed by atoms with Gasteiger partial charge in [-0.05, 0) is 30.7 Å². The Hall–Kier alpha value is -3.23. The lowest BCUT2D eigenvalue weighted by atomic mass is 10.1. The van der Waals surface area contributed by atoms with Gasteiger partial charge in [-0.3, -0.25) is 4.79 Å². The van der Waals surface area contributed by atoms with Crippen molar-refractivity contribution in [2.45, 2.75) is 13.8 Å². The van der Waals surface area contributed by atoms with Crippen molar-refractivity contribution in [3.63, 3.8) is 0 Å². The number of aryl methyl sites for hydroxylation is 1. The number of aromatic nitrogens is 1. The lowest BCUT2D eigenvalue weighted by Gasteiger charge is -2.02. The Kier molecular flexibility index (Phi) is 5.26. The van der Waals surface area contributed by atoms with Crippen molar-refractivity contribution in [3.8, 4) is 17.3 Å². The molecule has 0 atom stereocenters. The van der Waals surface area contributed by atoms with E-state index in [9.17, 15) is 10.1 Å². The van der Waals surface area contributed by atoms with E-state index in [1.807, 2.05) is 60.8 Å². The van der Waals surface area contributed by atoms with Crippen LogP contribution in [0.4, 0.5) is 5.69 Å². The van der Waals surface area contributed by atoms with Gasteiger partial charge in [-0.15, -0.1) is 11.3 Å². The van der Waals surface area contributed by atoms with Crippen LogP contribution in [0.5, 0.6) is 0 Å². The summed E-state index contributed by atoms with van der Waals surface area (Å²) in [4.78, 5) is 15.7. The number of carbonyl (C=O) groups excluding carboxylic acids is 1. The van der Waals surface area contributed by atoms with Crippen LogP contribution in [-0.2, 0) is 4.79 Å². The molecule has 1 amide bonds. The molecule has 1 heterocycles. The fourth-order valence-electron chi connectivity index (χ4n) is 2.43. The minimum Gasteiger partial charge on any atom is -0.326 e. The molecule has 0 saturated heterocycles. The lowest BCUT2D eigenvalue weighted by molar-refractivity contribution is -0.114. The summed E-state index contributed by atoms with van der Waals surface area (Å²) in [6, 6.07) is 17.7. The molecule has 4 nitrogen and oxygen atoms in total. The Balaban J connectivity index is 1.85. The average Bonchev–Trinajstić information content (AvgIpc) is 3.11. The highest BCUT2D eigenvalue weighted by molar-refractivity contribution is 7.11.